The molecule has 0 amide bonds. The van der Waals surface area contributed by atoms with Crippen LogP contribution in [0.1, 0.15) is 44.7 Å². The quantitative estimate of drug-likeness (QED) is 0.701. The molecule has 1 N–H and O–H groups in total. The SMILES string of the molecule is CC.CC1(COCc2ccccc2)CC(=O)CC(COCc2ccccc2)N1O. The number of piperidine rings is 1. The van der Waals surface area contributed by atoms with Gasteiger partial charge in [0.05, 0.1) is 38.0 Å². The monoisotopic (exact) mass is 399 g/mol. The van der Waals surface area contributed by atoms with Gasteiger partial charge in [0.15, 0.2) is 0 Å². The van der Waals surface area contributed by atoms with Gasteiger partial charge in [0.25, 0.3) is 0 Å². The van der Waals surface area contributed by atoms with Gasteiger partial charge in [-0.15, -0.1) is 0 Å². The van der Waals surface area contributed by atoms with Crippen LogP contribution >= 0.6 is 0 Å². The van der Waals surface area contributed by atoms with Crippen molar-refractivity contribution >= 4 is 5.78 Å². The predicted molar refractivity (Wildman–Crippen MR) is 114 cm³/mol. The van der Waals surface area contributed by atoms with Crippen LogP contribution in [0.25, 0.3) is 0 Å². The Labute approximate surface area is 174 Å². The predicted octanol–water partition coefficient (Wildman–Crippen LogP) is 4.63. The summed E-state index contributed by atoms with van der Waals surface area (Å²) in [6.07, 6.45) is 0.563. The van der Waals surface area contributed by atoms with Gasteiger partial charge in [-0.1, -0.05) is 74.5 Å². The van der Waals surface area contributed by atoms with E-state index in [2.05, 4.69) is 0 Å². The van der Waals surface area contributed by atoms with Gasteiger partial charge in [-0.3, -0.25) is 4.79 Å². The number of rotatable bonds is 8. The summed E-state index contributed by atoms with van der Waals surface area (Å²) in [6, 6.07) is 19.4. The first kappa shape index (κ1) is 23.2. The third-order valence-corrected chi connectivity index (χ3v) is 4.89. The zero-order valence-electron chi connectivity index (χ0n) is 17.7. The topological polar surface area (TPSA) is 59.0 Å². The third kappa shape index (κ3) is 7.05. The molecule has 29 heavy (non-hydrogen) atoms. The lowest BCUT2D eigenvalue weighted by Gasteiger charge is -2.44. The van der Waals surface area contributed by atoms with Crippen molar-refractivity contribution in [2.75, 3.05) is 13.2 Å². The summed E-state index contributed by atoms with van der Waals surface area (Å²) in [5.74, 6) is 0.124. The minimum Gasteiger partial charge on any atom is -0.375 e. The molecule has 2 atom stereocenters. The van der Waals surface area contributed by atoms with Crippen molar-refractivity contribution in [2.45, 2.75) is 58.4 Å². The lowest BCUT2D eigenvalue weighted by atomic mass is 9.86. The van der Waals surface area contributed by atoms with Crippen LogP contribution in [0.2, 0.25) is 0 Å². The lowest BCUT2D eigenvalue weighted by molar-refractivity contribution is -0.236. The first-order valence-electron chi connectivity index (χ1n) is 10.3. The van der Waals surface area contributed by atoms with Crippen molar-refractivity contribution in [3.8, 4) is 0 Å². The lowest BCUT2D eigenvalue weighted by Crippen LogP contribution is -2.59. The van der Waals surface area contributed by atoms with E-state index in [9.17, 15) is 10.0 Å². The molecule has 1 heterocycles. The molecule has 0 bridgehead atoms. The fourth-order valence-electron chi connectivity index (χ4n) is 3.46. The minimum absolute atomic E-state index is 0.124. The Morgan fingerprint density at radius 2 is 1.48 bits per heavy atom. The maximum Gasteiger partial charge on any atom is 0.136 e. The summed E-state index contributed by atoms with van der Waals surface area (Å²) in [5.41, 5.74) is 1.39. The van der Waals surface area contributed by atoms with Gasteiger partial charge in [-0.2, -0.15) is 5.06 Å². The molecule has 5 heteroatoms. The number of hydrogen-bond donors (Lipinski definition) is 1. The number of ether oxygens (including phenoxy) is 2. The van der Waals surface area contributed by atoms with Gasteiger partial charge in [0, 0.05) is 12.8 Å². The highest BCUT2D eigenvalue weighted by Gasteiger charge is 2.43. The zero-order valence-corrected chi connectivity index (χ0v) is 17.7. The first-order chi connectivity index (χ1) is 14.1. The Morgan fingerprint density at radius 3 is 2.03 bits per heavy atom. The van der Waals surface area contributed by atoms with Gasteiger partial charge in [-0.05, 0) is 18.1 Å². The molecule has 0 radical (unpaired) electrons. The number of benzene rings is 2. The second kappa shape index (κ2) is 11.8. The van der Waals surface area contributed by atoms with Crippen LogP contribution in [0.5, 0.6) is 0 Å². The standard InChI is InChI=1S/C22H27NO4.C2H6/c1-22(17-27-15-19-10-6-3-7-11-19)13-21(24)12-20(23(22)25)16-26-14-18-8-4-2-5-9-18;1-2/h2-11,20,25H,12-17H2,1H3;1-2H3. The molecule has 0 aliphatic carbocycles. The van der Waals surface area contributed by atoms with Crippen LogP contribution in [0.3, 0.4) is 0 Å². The van der Waals surface area contributed by atoms with Gasteiger partial charge in [-0.25, -0.2) is 0 Å². The number of carbonyl (C=O) groups excluding carboxylic acids is 1. The Balaban J connectivity index is 0.00000145. The summed E-state index contributed by atoms with van der Waals surface area (Å²) < 4.78 is 11.6. The van der Waals surface area contributed by atoms with Gasteiger partial charge in [0.2, 0.25) is 0 Å². The number of Topliss-reactive ketones (excluding diaryl/α,β-unsaturated/α-hetero) is 1. The van der Waals surface area contributed by atoms with E-state index < -0.39 is 5.54 Å². The molecule has 158 valence electrons. The number of ketones is 1. The molecule has 1 saturated heterocycles. The van der Waals surface area contributed by atoms with E-state index in [1.165, 1.54) is 5.06 Å². The minimum atomic E-state index is -0.745. The molecular formula is C24H33NO4. The average molecular weight is 400 g/mol. The van der Waals surface area contributed by atoms with Crippen molar-refractivity contribution in [1.29, 1.82) is 0 Å². The van der Waals surface area contributed by atoms with Crippen LogP contribution in [0.4, 0.5) is 0 Å². The van der Waals surface area contributed by atoms with Crippen molar-refractivity contribution in [3.05, 3.63) is 71.8 Å². The van der Waals surface area contributed by atoms with Crippen LogP contribution in [0.15, 0.2) is 60.7 Å². The first-order valence-corrected chi connectivity index (χ1v) is 10.3. The molecule has 2 aromatic carbocycles. The van der Waals surface area contributed by atoms with Crippen molar-refractivity contribution in [1.82, 2.24) is 5.06 Å². The van der Waals surface area contributed by atoms with E-state index in [1.807, 2.05) is 81.4 Å². The molecule has 2 aromatic rings. The molecule has 1 fully saturated rings. The van der Waals surface area contributed by atoms with Crippen LogP contribution in [0, 0.1) is 0 Å². The van der Waals surface area contributed by atoms with Crippen LogP contribution < -0.4 is 0 Å². The second-order valence-corrected chi connectivity index (χ2v) is 7.39. The van der Waals surface area contributed by atoms with E-state index >= 15 is 0 Å². The number of carbonyl (C=O) groups is 1. The highest BCUT2D eigenvalue weighted by atomic mass is 16.5. The maximum atomic E-state index is 12.3. The number of nitrogens with zero attached hydrogens (tertiary/aromatic N) is 1. The second-order valence-electron chi connectivity index (χ2n) is 7.39. The van der Waals surface area contributed by atoms with E-state index in [4.69, 9.17) is 9.47 Å². The van der Waals surface area contributed by atoms with Gasteiger partial charge < -0.3 is 14.7 Å². The van der Waals surface area contributed by atoms with Crippen molar-refractivity contribution in [3.63, 3.8) is 0 Å². The molecule has 0 aromatic heterocycles. The van der Waals surface area contributed by atoms with Crippen molar-refractivity contribution < 1.29 is 19.5 Å². The molecule has 2 unspecified atom stereocenters. The third-order valence-electron chi connectivity index (χ3n) is 4.89. The summed E-state index contributed by atoms with van der Waals surface area (Å²) in [7, 11) is 0. The molecule has 1 aliphatic heterocycles. The number of hydroxylamine groups is 2. The zero-order chi connectivity index (χ0) is 21.1. The Bertz CT molecular complexity index is 722. The molecule has 1 aliphatic rings. The summed E-state index contributed by atoms with van der Waals surface area (Å²) in [5, 5.41) is 12.0. The fourth-order valence-corrected chi connectivity index (χ4v) is 3.46. The summed E-state index contributed by atoms with van der Waals surface area (Å²) in [6.45, 7) is 7.35. The smallest absolute Gasteiger partial charge is 0.136 e. The molecule has 3 rings (SSSR count). The van der Waals surface area contributed by atoms with Crippen LogP contribution in [-0.4, -0.2) is 40.8 Å². The molecule has 0 saturated carbocycles. The molecule has 0 spiro atoms. The highest BCUT2D eigenvalue weighted by molar-refractivity contribution is 5.81. The Kier molecular flexibility index (Phi) is 9.48. The summed E-state index contributed by atoms with van der Waals surface area (Å²) >= 11 is 0. The average Bonchev–Trinajstić information content (AvgIpc) is 2.74. The largest absolute Gasteiger partial charge is 0.375 e. The van der Waals surface area contributed by atoms with Gasteiger partial charge >= 0.3 is 0 Å². The fraction of sp³-hybridized carbons (Fsp3) is 0.458. The van der Waals surface area contributed by atoms with E-state index in [1.54, 1.807) is 0 Å². The van der Waals surface area contributed by atoms with E-state index in [-0.39, 0.29) is 24.9 Å². The van der Waals surface area contributed by atoms with E-state index in [0.29, 0.717) is 26.2 Å². The van der Waals surface area contributed by atoms with E-state index in [0.717, 1.165) is 11.1 Å². The van der Waals surface area contributed by atoms with Gasteiger partial charge in [0.1, 0.15) is 5.78 Å². The normalized spacial score (nSPS) is 22.1. The Morgan fingerprint density at radius 1 is 0.966 bits per heavy atom. The molecular weight excluding hydrogens is 366 g/mol. The molecule has 5 nitrogen and oxygen atoms in total. The van der Waals surface area contributed by atoms with Crippen LogP contribution in [-0.2, 0) is 27.5 Å². The number of hydrogen-bond acceptors (Lipinski definition) is 5. The highest BCUT2D eigenvalue weighted by Crippen LogP contribution is 2.29. The summed E-state index contributed by atoms with van der Waals surface area (Å²) in [4.78, 5) is 12.3. The Hall–Kier alpha value is -2.05. The van der Waals surface area contributed by atoms with Crippen molar-refractivity contribution in [2.24, 2.45) is 0 Å². The maximum absolute atomic E-state index is 12.3.